The molecule has 1 atom stereocenters. The molecule has 0 fully saturated rings. The topological polar surface area (TPSA) is 61.7 Å². The van der Waals surface area contributed by atoms with Gasteiger partial charge in [-0.3, -0.25) is 0 Å². The molecule has 0 bridgehead atoms. The Morgan fingerprint density at radius 3 is 1.57 bits per heavy atom. The number of nitrogens with zero attached hydrogens (tertiary/aromatic N) is 3. The molecule has 3 nitrogen and oxygen atoms in total. The van der Waals surface area contributed by atoms with E-state index in [1.165, 1.54) is 0 Å². The first kappa shape index (κ1) is 37.9. The summed E-state index contributed by atoms with van der Waals surface area (Å²) in [5, 5.41) is 18.0. The van der Waals surface area contributed by atoms with Gasteiger partial charge in [0.05, 0.1) is 24.5 Å². The molecule has 2 rings (SSSR count). The maximum atomic E-state index is 8.81. The Bertz CT molecular complexity index is 854. The van der Waals surface area contributed by atoms with Gasteiger partial charge >= 0.3 is 18.9 Å². The van der Waals surface area contributed by atoms with Gasteiger partial charge in [-0.1, -0.05) is 144 Å². The fraction of sp³-hybridized carbons (Fsp3) is 0.357. The van der Waals surface area contributed by atoms with Gasteiger partial charge in [0.25, 0.3) is 0 Å². The molecule has 0 heterocycles. The summed E-state index contributed by atoms with van der Waals surface area (Å²) in [7, 11) is -2.21. The Morgan fingerprint density at radius 2 is 1.29 bits per heavy atom. The smallest absolute Gasteiger partial charge is 0.668 e. The van der Waals surface area contributed by atoms with Crippen molar-refractivity contribution in [1.82, 2.24) is 0 Å². The van der Waals surface area contributed by atoms with Gasteiger partial charge in [-0.05, 0) is 17.5 Å². The fourth-order valence-electron chi connectivity index (χ4n) is 2.81. The predicted octanol–water partition coefficient (Wildman–Crippen LogP) is 6.22. The van der Waals surface area contributed by atoms with Crippen LogP contribution in [0.25, 0.3) is 4.65 Å². The van der Waals surface area contributed by atoms with Crippen LogP contribution >= 0.6 is 15.9 Å². The molecule has 7 heteroatoms. The Labute approximate surface area is 237 Å². The maximum Gasteiger partial charge on any atom is 1.00 e. The van der Waals surface area contributed by atoms with Crippen molar-refractivity contribution in [2.45, 2.75) is 58.0 Å². The molecule has 0 saturated carbocycles. The van der Waals surface area contributed by atoms with Crippen molar-refractivity contribution in [3.8, 4) is 12.1 Å². The fourth-order valence-corrected chi connectivity index (χ4v) is 10.9. The summed E-state index contributed by atoms with van der Waals surface area (Å²) in [6.07, 6.45) is 4.81. The van der Waals surface area contributed by atoms with Crippen LogP contribution in [0.4, 0.5) is 0 Å². The number of halogens is 1. The van der Waals surface area contributed by atoms with Gasteiger partial charge in [0.1, 0.15) is 0 Å². The Kier molecular flexibility index (Phi) is 24.7. The molecule has 0 saturated heterocycles. The average molecular weight is 563 g/mol. The van der Waals surface area contributed by atoms with Crippen molar-refractivity contribution in [3.63, 3.8) is 0 Å². The first-order valence-corrected chi connectivity index (χ1v) is 19.3. The number of allylic oxidation sites excluding steroid dienone is 2. The van der Waals surface area contributed by atoms with Gasteiger partial charge in [-0.15, -0.1) is 13.2 Å². The molecule has 0 radical (unpaired) electrons. The van der Waals surface area contributed by atoms with Crippen molar-refractivity contribution in [1.29, 1.82) is 10.5 Å². The van der Waals surface area contributed by atoms with E-state index in [4.69, 9.17) is 15.2 Å². The third kappa shape index (κ3) is 26.8. The molecule has 2 aromatic rings. The number of hydrogen-bond acceptors (Lipinski definition) is 2. The number of alkyl halides is 1. The van der Waals surface area contributed by atoms with Crippen molar-refractivity contribution in [3.05, 3.63) is 102 Å². The van der Waals surface area contributed by atoms with Crippen molar-refractivity contribution >= 4 is 32.4 Å². The van der Waals surface area contributed by atoms with Crippen LogP contribution in [0, 0.1) is 22.7 Å². The van der Waals surface area contributed by atoms with E-state index in [0.717, 1.165) is 22.9 Å². The number of hydrogen-bond donors (Lipinski definition) is 0. The van der Waals surface area contributed by atoms with Crippen LogP contribution in [0.5, 0.6) is 0 Å². The van der Waals surface area contributed by atoms with Crippen LogP contribution < -0.4 is 18.9 Å². The van der Waals surface area contributed by atoms with Gasteiger partial charge in [0, 0.05) is 5.33 Å². The van der Waals surface area contributed by atoms with E-state index in [1.807, 2.05) is 60.7 Å². The van der Waals surface area contributed by atoms with Crippen LogP contribution in [0.1, 0.15) is 23.5 Å². The van der Waals surface area contributed by atoms with E-state index in [9.17, 15) is 0 Å². The minimum Gasteiger partial charge on any atom is -0.668 e. The maximum absolute atomic E-state index is 8.81. The number of benzene rings is 2. The second-order valence-corrected chi connectivity index (χ2v) is 19.6. The molecule has 2 aromatic carbocycles. The Morgan fingerprint density at radius 1 is 0.857 bits per heavy atom. The van der Waals surface area contributed by atoms with Crippen LogP contribution in [-0.2, 0) is 6.42 Å². The SMILES string of the molecule is C=CCBr.C=CCC(C#N)c1ccccc1.C[Si](C)(C)[N-][Si](C)(C)C.N#CCc1ccccc1.[Li+]. The summed E-state index contributed by atoms with van der Waals surface area (Å²) in [6, 6.07) is 23.8. The molecule has 1 unspecified atom stereocenters. The second kappa shape index (κ2) is 22.8. The van der Waals surface area contributed by atoms with E-state index in [1.54, 1.807) is 12.2 Å². The molecule has 0 aliphatic heterocycles. The van der Waals surface area contributed by atoms with Crippen LogP contribution in [0.15, 0.2) is 86.0 Å². The second-order valence-electron chi connectivity index (χ2n) is 9.33. The molecule has 0 spiro atoms. The number of rotatable bonds is 7. The van der Waals surface area contributed by atoms with Gasteiger partial charge in [-0.2, -0.15) is 10.5 Å². The number of nitriles is 2. The monoisotopic (exact) mass is 561 g/mol. The predicted molar refractivity (Wildman–Crippen MR) is 159 cm³/mol. The molecular formula is C28H41BrLiN3Si2. The summed E-state index contributed by atoms with van der Waals surface area (Å²) in [4.78, 5) is 0. The van der Waals surface area contributed by atoms with Crippen LogP contribution in [0.2, 0.25) is 39.3 Å². The van der Waals surface area contributed by atoms with E-state index >= 15 is 0 Å². The first-order valence-electron chi connectivity index (χ1n) is 11.3. The summed E-state index contributed by atoms with van der Waals surface area (Å²) in [5.41, 5.74) is 2.15. The van der Waals surface area contributed by atoms with E-state index in [-0.39, 0.29) is 24.8 Å². The van der Waals surface area contributed by atoms with Gasteiger partial charge in [0.2, 0.25) is 0 Å². The third-order valence-electron chi connectivity index (χ3n) is 3.67. The van der Waals surface area contributed by atoms with E-state index < -0.39 is 16.5 Å². The van der Waals surface area contributed by atoms with E-state index in [0.29, 0.717) is 6.42 Å². The quantitative estimate of drug-likeness (QED) is 0.228. The molecule has 0 aliphatic carbocycles. The minimum absolute atomic E-state index is 0. The molecule has 0 amide bonds. The molecule has 35 heavy (non-hydrogen) atoms. The molecule has 0 aromatic heterocycles. The van der Waals surface area contributed by atoms with Gasteiger partial charge in [0.15, 0.2) is 0 Å². The zero-order chi connectivity index (χ0) is 26.5. The molecule has 184 valence electrons. The summed E-state index contributed by atoms with van der Waals surface area (Å²) < 4.78 is 4.82. The van der Waals surface area contributed by atoms with Gasteiger partial charge < -0.3 is 4.65 Å². The zero-order valence-corrected chi connectivity index (χ0v) is 26.3. The molecular weight excluding hydrogens is 521 g/mol. The van der Waals surface area contributed by atoms with Crippen LogP contribution in [-0.4, -0.2) is 21.8 Å². The summed E-state index contributed by atoms with van der Waals surface area (Å²) in [6.45, 7) is 20.8. The molecule has 0 N–H and O–H groups in total. The van der Waals surface area contributed by atoms with E-state index in [2.05, 4.69) is 80.5 Å². The van der Waals surface area contributed by atoms with Crippen molar-refractivity contribution < 1.29 is 18.9 Å². The minimum atomic E-state index is -1.11. The largest absolute Gasteiger partial charge is 1.00 e. The average Bonchev–Trinajstić information content (AvgIpc) is 2.77. The van der Waals surface area contributed by atoms with Crippen LogP contribution in [0.3, 0.4) is 0 Å². The summed E-state index contributed by atoms with van der Waals surface area (Å²) in [5.74, 6) is -0.0382. The van der Waals surface area contributed by atoms with Crippen molar-refractivity contribution in [2.75, 3.05) is 5.33 Å². The standard InChI is InChI=1S/C11H11N.C8H7N.C6H18NSi2.C3H5Br.Li/c1-2-6-11(9-12)10-7-4-3-5-8-10;9-7-6-8-4-2-1-3-5-8;1-8(2,3)7-9(4,5)6;1-2-3-4;/h2-5,7-8,11H,1,6H2;1-5H,6H2;1-6H3;2H,1,3H2;/q;;-1;;+1. The normalized spacial score (nSPS) is 10.4. The zero-order valence-electron chi connectivity index (χ0n) is 22.8. The van der Waals surface area contributed by atoms with Crippen molar-refractivity contribution in [2.24, 2.45) is 0 Å². The first-order chi connectivity index (χ1) is 15.9. The van der Waals surface area contributed by atoms with Gasteiger partial charge in [-0.25, -0.2) is 0 Å². The Balaban J connectivity index is -0.000000407. The Hall–Kier alpha value is -1.63. The molecule has 0 aliphatic rings. The third-order valence-corrected chi connectivity index (χ3v) is 9.49. The summed E-state index contributed by atoms with van der Waals surface area (Å²) >= 11 is 3.13.